The summed E-state index contributed by atoms with van der Waals surface area (Å²) in [6.07, 6.45) is 26.5. The van der Waals surface area contributed by atoms with Gasteiger partial charge in [0.05, 0.1) is 0 Å². The van der Waals surface area contributed by atoms with Crippen molar-refractivity contribution in [2.45, 2.75) is 148 Å². The smallest absolute Gasteiger partial charge is 0.0149 e. The van der Waals surface area contributed by atoms with Gasteiger partial charge in [-0.05, 0) is 19.3 Å². The van der Waals surface area contributed by atoms with Crippen molar-refractivity contribution in [2.24, 2.45) is 5.73 Å². The second kappa shape index (κ2) is 17.8. The quantitative estimate of drug-likeness (QED) is 0.236. The van der Waals surface area contributed by atoms with E-state index in [-0.39, 0.29) is 5.54 Å². The van der Waals surface area contributed by atoms with Crippen LogP contribution in [0.2, 0.25) is 0 Å². The molecule has 1 nitrogen and oxygen atoms in total. The van der Waals surface area contributed by atoms with Crippen molar-refractivity contribution in [1.82, 2.24) is 0 Å². The summed E-state index contributed by atoms with van der Waals surface area (Å²) in [4.78, 5) is 0. The molecule has 2 N–H and O–H groups in total. The Morgan fingerprint density at radius 1 is 0.458 bits per heavy atom. The van der Waals surface area contributed by atoms with Gasteiger partial charge >= 0.3 is 0 Å². The number of hydrogen-bond donors (Lipinski definition) is 1. The van der Waals surface area contributed by atoms with E-state index in [0.717, 1.165) is 12.8 Å². The zero-order valence-corrected chi connectivity index (χ0v) is 17.5. The molecule has 0 rings (SSSR count). The van der Waals surface area contributed by atoms with E-state index in [0.29, 0.717) is 0 Å². The van der Waals surface area contributed by atoms with Gasteiger partial charge in [-0.1, -0.05) is 124 Å². The maximum absolute atomic E-state index is 6.36. The number of hydrogen-bond acceptors (Lipinski definition) is 1. The van der Waals surface area contributed by atoms with Crippen molar-refractivity contribution in [3.05, 3.63) is 0 Å². The molecular weight excluding hydrogens is 290 g/mol. The van der Waals surface area contributed by atoms with Gasteiger partial charge in [0.15, 0.2) is 0 Å². The van der Waals surface area contributed by atoms with E-state index < -0.39 is 0 Å². The molecule has 24 heavy (non-hydrogen) atoms. The van der Waals surface area contributed by atoms with Gasteiger partial charge in [-0.15, -0.1) is 0 Å². The van der Waals surface area contributed by atoms with Crippen molar-refractivity contribution >= 4 is 0 Å². The Morgan fingerprint density at radius 2 is 0.750 bits per heavy atom. The molecule has 0 aliphatic rings. The third kappa shape index (κ3) is 15.5. The van der Waals surface area contributed by atoms with E-state index in [9.17, 15) is 0 Å². The van der Waals surface area contributed by atoms with Gasteiger partial charge in [-0.25, -0.2) is 0 Å². The monoisotopic (exact) mass is 339 g/mol. The van der Waals surface area contributed by atoms with Gasteiger partial charge in [0.1, 0.15) is 0 Å². The molecule has 0 aromatic carbocycles. The van der Waals surface area contributed by atoms with Crippen LogP contribution in [0, 0.1) is 0 Å². The van der Waals surface area contributed by atoms with Gasteiger partial charge in [-0.2, -0.15) is 0 Å². The van der Waals surface area contributed by atoms with Crippen molar-refractivity contribution < 1.29 is 0 Å². The lowest BCUT2D eigenvalue weighted by atomic mass is 9.88. The Hall–Kier alpha value is -0.0400. The minimum Gasteiger partial charge on any atom is -0.325 e. The lowest BCUT2D eigenvalue weighted by molar-refractivity contribution is 0.350. The zero-order valence-electron chi connectivity index (χ0n) is 17.5. The number of unbranched alkanes of at least 4 members (excludes halogenated alkanes) is 15. The molecule has 0 amide bonds. The third-order valence-corrected chi connectivity index (χ3v) is 5.94. The molecule has 0 fully saturated rings. The normalized spacial score (nSPS) is 12.0. The molecule has 0 spiro atoms. The topological polar surface area (TPSA) is 26.0 Å². The minimum atomic E-state index is 0.121. The van der Waals surface area contributed by atoms with E-state index in [4.69, 9.17) is 5.73 Å². The van der Waals surface area contributed by atoms with Crippen molar-refractivity contribution in [3.63, 3.8) is 0 Å². The summed E-state index contributed by atoms with van der Waals surface area (Å²) >= 11 is 0. The lowest BCUT2D eigenvalue weighted by Gasteiger charge is -2.26. The standard InChI is InChI=1S/C23H49N/c1-4-7-8-9-10-11-12-13-14-15-16-17-18-19-20-21-22-23(24,5-2)6-3/h4-22,24H2,1-3H3. The summed E-state index contributed by atoms with van der Waals surface area (Å²) in [7, 11) is 0. The van der Waals surface area contributed by atoms with E-state index >= 15 is 0 Å². The Morgan fingerprint density at radius 3 is 1.04 bits per heavy atom. The van der Waals surface area contributed by atoms with E-state index in [1.165, 1.54) is 109 Å². The van der Waals surface area contributed by atoms with Gasteiger partial charge in [0.2, 0.25) is 0 Å². The highest BCUT2D eigenvalue weighted by molar-refractivity contribution is 4.80. The summed E-state index contributed by atoms with van der Waals surface area (Å²) in [5.41, 5.74) is 6.48. The minimum absolute atomic E-state index is 0.121. The highest BCUT2D eigenvalue weighted by Crippen LogP contribution is 2.20. The molecule has 0 aromatic heterocycles. The summed E-state index contributed by atoms with van der Waals surface area (Å²) in [5, 5.41) is 0. The van der Waals surface area contributed by atoms with Crippen molar-refractivity contribution in [3.8, 4) is 0 Å². The summed E-state index contributed by atoms with van der Waals surface area (Å²) in [6.45, 7) is 6.76. The van der Waals surface area contributed by atoms with Crippen LogP contribution in [0.3, 0.4) is 0 Å². The molecular formula is C23H49N. The maximum atomic E-state index is 6.36. The fourth-order valence-corrected chi connectivity index (χ4v) is 3.63. The van der Waals surface area contributed by atoms with E-state index in [1.54, 1.807) is 0 Å². The van der Waals surface area contributed by atoms with E-state index in [1.807, 2.05) is 0 Å². The summed E-state index contributed by atoms with van der Waals surface area (Å²) in [5.74, 6) is 0. The lowest BCUT2D eigenvalue weighted by Crippen LogP contribution is -2.38. The van der Waals surface area contributed by atoms with Gasteiger partial charge in [0.25, 0.3) is 0 Å². The van der Waals surface area contributed by atoms with Crippen LogP contribution in [-0.4, -0.2) is 5.54 Å². The molecule has 0 aliphatic carbocycles. The van der Waals surface area contributed by atoms with Crippen LogP contribution in [0.4, 0.5) is 0 Å². The first-order valence-corrected chi connectivity index (χ1v) is 11.5. The molecule has 0 heterocycles. The van der Waals surface area contributed by atoms with Crippen LogP contribution in [0.1, 0.15) is 143 Å². The second-order valence-electron chi connectivity index (χ2n) is 8.12. The first kappa shape index (κ1) is 24.0. The molecule has 146 valence electrons. The Labute approximate surface area is 154 Å². The highest BCUT2D eigenvalue weighted by atomic mass is 14.7. The van der Waals surface area contributed by atoms with Crippen molar-refractivity contribution in [1.29, 1.82) is 0 Å². The van der Waals surface area contributed by atoms with Crippen LogP contribution in [-0.2, 0) is 0 Å². The Balaban J connectivity index is 3.13. The summed E-state index contributed by atoms with van der Waals surface area (Å²) in [6, 6.07) is 0. The maximum Gasteiger partial charge on any atom is 0.0149 e. The molecule has 0 atom stereocenters. The zero-order chi connectivity index (χ0) is 17.9. The first-order chi connectivity index (χ1) is 11.7. The van der Waals surface area contributed by atoms with E-state index in [2.05, 4.69) is 20.8 Å². The van der Waals surface area contributed by atoms with Crippen LogP contribution >= 0.6 is 0 Å². The molecule has 1 heteroatoms. The fraction of sp³-hybridized carbons (Fsp3) is 1.00. The number of nitrogens with two attached hydrogens (primary N) is 1. The molecule has 0 unspecified atom stereocenters. The SMILES string of the molecule is CCCCCCCCCCCCCCCCCCC(N)(CC)CC. The number of rotatable bonds is 19. The molecule has 0 aromatic rings. The van der Waals surface area contributed by atoms with Crippen molar-refractivity contribution in [2.75, 3.05) is 0 Å². The highest BCUT2D eigenvalue weighted by Gasteiger charge is 2.18. The fourth-order valence-electron chi connectivity index (χ4n) is 3.63. The molecule has 0 saturated carbocycles. The summed E-state index contributed by atoms with van der Waals surface area (Å²) < 4.78 is 0. The van der Waals surface area contributed by atoms with Crippen LogP contribution in [0.25, 0.3) is 0 Å². The molecule has 0 radical (unpaired) electrons. The predicted molar refractivity (Wildman–Crippen MR) is 112 cm³/mol. The molecule has 0 bridgehead atoms. The van der Waals surface area contributed by atoms with Crippen LogP contribution in [0.5, 0.6) is 0 Å². The largest absolute Gasteiger partial charge is 0.325 e. The second-order valence-corrected chi connectivity index (χ2v) is 8.12. The van der Waals surface area contributed by atoms with Gasteiger partial charge < -0.3 is 5.73 Å². The Bertz CT molecular complexity index is 232. The predicted octanol–water partition coefficient (Wildman–Crippen LogP) is 8.16. The first-order valence-electron chi connectivity index (χ1n) is 11.5. The average Bonchev–Trinajstić information content (AvgIpc) is 2.61. The van der Waals surface area contributed by atoms with Gasteiger partial charge in [0, 0.05) is 5.54 Å². The average molecular weight is 340 g/mol. The molecule has 0 aliphatic heterocycles. The van der Waals surface area contributed by atoms with Gasteiger partial charge in [-0.3, -0.25) is 0 Å². The van der Waals surface area contributed by atoms with Crippen LogP contribution < -0.4 is 5.73 Å². The third-order valence-electron chi connectivity index (χ3n) is 5.94. The Kier molecular flexibility index (Phi) is 17.7. The van der Waals surface area contributed by atoms with Crippen LogP contribution in [0.15, 0.2) is 0 Å². The molecule has 0 saturated heterocycles.